The van der Waals surface area contributed by atoms with Gasteiger partial charge in [0.15, 0.2) is 6.61 Å². The van der Waals surface area contributed by atoms with E-state index in [-0.39, 0.29) is 6.61 Å². The van der Waals surface area contributed by atoms with Crippen LogP contribution in [0.1, 0.15) is 25.8 Å². The minimum Gasteiger partial charge on any atom is -0.467 e. The first-order valence-corrected chi connectivity index (χ1v) is 7.47. The van der Waals surface area contributed by atoms with Gasteiger partial charge in [0.05, 0.1) is 12.3 Å². The lowest BCUT2D eigenvalue weighted by Gasteiger charge is -2.25. The van der Waals surface area contributed by atoms with Gasteiger partial charge in [-0.3, -0.25) is 5.01 Å². The van der Waals surface area contributed by atoms with E-state index in [0.29, 0.717) is 30.6 Å². The Balaban J connectivity index is 2.05. The van der Waals surface area contributed by atoms with Crippen LogP contribution >= 0.6 is 11.6 Å². The lowest BCUT2D eigenvalue weighted by molar-refractivity contribution is -0.145. The highest BCUT2D eigenvalue weighted by Crippen LogP contribution is 2.25. The molecule has 7 heteroatoms. The van der Waals surface area contributed by atoms with Gasteiger partial charge in [0.1, 0.15) is 5.15 Å². The second-order valence-electron chi connectivity index (χ2n) is 4.46. The van der Waals surface area contributed by atoms with Crippen molar-refractivity contribution in [2.45, 2.75) is 20.3 Å². The monoisotopic (exact) mass is 323 g/mol. The normalized spacial score (nSPS) is 14.2. The number of carbonyl (C=O) groups is 1. The van der Waals surface area contributed by atoms with Gasteiger partial charge in [-0.25, -0.2) is 9.78 Å². The van der Waals surface area contributed by atoms with E-state index in [0.717, 1.165) is 11.3 Å². The second-order valence-corrected chi connectivity index (χ2v) is 4.85. The molecule has 0 fully saturated rings. The zero-order valence-corrected chi connectivity index (χ0v) is 13.3. The predicted octanol–water partition coefficient (Wildman–Crippen LogP) is 2.69. The van der Waals surface area contributed by atoms with E-state index < -0.39 is 5.97 Å². The summed E-state index contributed by atoms with van der Waals surface area (Å²) in [6.45, 7) is 4.60. The third-order valence-corrected chi connectivity index (χ3v) is 3.17. The van der Waals surface area contributed by atoms with E-state index in [2.05, 4.69) is 10.1 Å². The molecule has 1 aliphatic heterocycles. The first-order valence-electron chi connectivity index (χ1n) is 7.09. The van der Waals surface area contributed by atoms with Crippen LogP contribution in [0.25, 0.3) is 5.70 Å². The first-order chi connectivity index (χ1) is 10.6. The summed E-state index contributed by atoms with van der Waals surface area (Å²) in [4.78, 5) is 15.3. The summed E-state index contributed by atoms with van der Waals surface area (Å²) in [5, 5.41) is 6.64. The first kappa shape index (κ1) is 16.3. The Morgan fingerprint density at radius 2 is 2.27 bits per heavy atom. The molecule has 0 spiro atoms. The Morgan fingerprint density at radius 1 is 1.45 bits per heavy atom. The van der Waals surface area contributed by atoms with E-state index in [9.17, 15) is 4.79 Å². The van der Waals surface area contributed by atoms with Gasteiger partial charge in [0.2, 0.25) is 5.90 Å². The largest absolute Gasteiger partial charge is 0.467 e. The smallest absolute Gasteiger partial charge is 0.344 e. The number of ether oxygens (including phenoxy) is 2. The van der Waals surface area contributed by atoms with Crippen LogP contribution in [-0.4, -0.2) is 41.6 Å². The fourth-order valence-corrected chi connectivity index (χ4v) is 2.19. The second kappa shape index (κ2) is 7.79. The summed E-state index contributed by atoms with van der Waals surface area (Å²) in [5.41, 5.74) is 1.88. The van der Waals surface area contributed by atoms with E-state index in [1.807, 2.05) is 19.1 Å². The Labute approximate surface area is 134 Å². The number of nitrogens with zero attached hydrogens (tertiary/aromatic N) is 3. The van der Waals surface area contributed by atoms with Crippen molar-refractivity contribution in [3.05, 3.63) is 35.1 Å². The molecule has 0 unspecified atom stereocenters. The highest BCUT2D eigenvalue weighted by molar-refractivity contribution is 6.29. The molecule has 1 aliphatic rings. The van der Waals surface area contributed by atoms with Crippen LogP contribution in [0, 0.1) is 0 Å². The van der Waals surface area contributed by atoms with Gasteiger partial charge in [-0.2, -0.15) is 0 Å². The Morgan fingerprint density at radius 3 is 2.95 bits per heavy atom. The molecule has 0 N–H and O–H groups in total. The number of aromatic nitrogens is 1. The van der Waals surface area contributed by atoms with Gasteiger partial charge in [0.25, 0.3) is 0 Å². The lowest BCUT2D eigenvalue weighted by Crippen LogP contribution is -2.25. The summed E-state index contributed by atoms with van der Waals surface area (Å²) >= 11 is 5.93. The SMILES string of the molecule is CCOC(=O)COC1=NN(CC)C(c2ccnc(Cl)c2)=CC1. The maximum atomic E-state index is 11.3. The molecule has 2 heterocycles. The summed E-state index contributed by atoms with van der Waals surface area (Å²) in [7, 11) is 0. The minimum absolute atomic E-state index is 0.130. The number of rotatable bonds is 5. The van der Waals surface area contributed by atoms with Crippen LogP contribution in [0.15, 0.2) is 29.5 Å². The van der Waals surface area contributed by atoms with Crippen molar-refractivity contribution >= 4 is 29.2 Å². The molecule has 118 valence electrons. The Hall–Kier alpha value is -2.08. The minimum atomic E-state index is -0.399. The molecular formula is C15H18ClN3O3. The van der Waals surface area contributed by atoms with Crippen LogP contribution in [0.5, 0.6) is 0 Å². The van der Waals surface area contributed by atoms with Crippen molar-refractivity contribution in [2.24, 2.45) is 5.10 Å². The number of halogens is 1. The maximum absolute atomic E-state index is 11.3. The molecular weight excluding hydrogens is 306 g/mol. The van der Waals surface area contributed by atoms with Gasteiger partial charge in [-0.05, 0) is 32.1 Å². The maximum Gasteiger partial charge on any atom is 0.344 e. The van der Waals surface area contributed by atoms with Crippen molar-refractivity contribution in [1.82, 2.24) is 9.99 Å². The summed E-state index contributed by atoms with van der Waals surface area (Å²) in [5.74, 6) is 0.0859. The molecule has 0 aromatic carbocycles. The van der Waals surface area contributed by atoms with Gasteiger partial charge >= 0.3 is 5.97 Å². The quantitative estimate of drug-likeness (QED) is 0.616. The number of esters is 1. The summed E-state index contributed by atoms with van der Waals surface area (Å²) < 4.78 is 10.2. The third kappa shape index (κ3) is 4.21. The van der Waals surface area contributed by atoms with Crippen LogP contribution < -0.4 is 0 Å². The fourth-order valence-electron chi connectivity index (χ4n) is 2.02. The molecule has 0 saturated carbocycles. The number of hydrazone groups is 1. The number of carbonyl (C=O) groups excluding carboxylic acids is 1. The van der Waals surface area contributed by atoms with E-state index in [1.165, 1.54) is 0 Å². The molecule has 0 aliphatic carbocycles. The van der Waals surface area contributed by atoms with Crippen LogP contribution in [-0.2, 0) is 14.3 Å². The lowest BCUT2D eigenvalue weighted by atomic mass is 10.1. The fraction of sp³-hybridized carbons (Fsp3) is 0.400. The van der Waals surface area contributed by atoms with Gasteiger partial charge in [-0.1, -0.05) is 11.6 Å². The third-order valence-electron chi connectivity index (χ3n) is 2.96. The zero-order chi connectivity index (χ0) is 15.9. The molecule has 0 radical (unpaired) electrons. The van der Waals surface area contributed by atoms with Crippen molar-refractivity contribution in [3.63, 3.8) is 0 Å². The van der Waals surface area contributed by atoms with Gasteiger partial charge in [-0.15, -0.1) is 5.10 Å². The van der Waals surface area contributed by atoms with Crippen LogP contribution in [0.2, 0.25) is 5.15 Å². The van der Waals surface area contributed by atoms with Crippen molar-refractivity contribution in [1.29, 1.82) is 0 Å². The molecule has 6 nitrogen and oxygen atoms in total. The highest BCUT2D eigenvalue weighted by atomic mass is 35.5. The zero-order valence-electron chi connectivity index (χ0n) is 12.6. The Bertz CT molecular complexity index is 601. The Kier molecular flexibility index (Phi) is 5.77. The molecule has 2 rings (SSSR count). The number of hydrogen-bond donors (Lipinski definition) is 0. The van der Waals surface area contributed by atoms with Crippen molar-refractivity contribution < 1.29 is 14.3 Å². The van der Waals surface area contributed by atoms with Gasteiger partial charge < -0.3 is 9.47 Å². The summed E-state index contributed by atoms with van der Waals surface area (Å²) in [6, 6.07) is 3.66. The van der Waals surface area contributed by atoms with Crippen LogP contribution in [0.3, 0.4) is 0 Å². The topological polar surface area (TPSA) is 64.0 Å². The molecule has 0 saturated heterocycles. The average molecular weight is 324 g/mol. The molecule has 1 aromatic rings. The average Bonchev–Trinajstić information content (AvgIpc) is 2.53. The van der Waals surface area contributed by atoms with Gasteiger partial charge in [0, 0.05) is 24.7 Å². The standard InChI is InChI=1S/C15H18ClN3O3/c1-3-19-12(11-7-8-17-13(16)9-11)5-6-14(18-19)22-10-15(20)21-4-2/h5,7-9H,3-4,6,10H2,1-2H3. The number of pyridine rings is 1. The van der Waals surface area contributed by atoms with E-state index in [1.54, 1.807) is 24.2 Å². The van der Waals surface area contributed by atoms with E-state index in [4.69, 9.17) is 21.1 Å². The van der Waals surface area contributed by atoms with E-state index >= 15 is 0 Å². The van der Waals surface area contributed by atoms with Crippen molar-refractivity contribution in [3.8, 4) is 0 Å². The number of hydrogen-bond acceptors (Lipinski definition) is 6. The molecule has 1 aromatic heterocycles. The molecule has 0 atom stereocenters. The van der Waals surface area contributed by atoms with Crippen LogP contribution in [0.4, 0.5) is 0 Å². The molecule has 0 bridgehead atoms. The molecule has 0 amide bonds. The van der Waals surface area contributed by atoms with Crippen molar-refractivity contribution in [2.75, 3.05) is 19.8 Å². The molecule has 22 heavy (non-hydrogen) atoms. The highest BCUT2D eigenvalue weighted by Gasteiger charge is 2.18. The summed E-state index contributed by atoms with van der Waals surface area (Å²) in [6.07, 6.45) is 4.15. The predicted molar refractivity (Wildman–Crippen MR) is 84.2 cm³/mol.